The fourth-order valence-corrected chi connectivity index (χ4v) is 1.42. The number of nitrogens with two attached hydrogens (primary N) is 1. The molecule has 0 heterocycles. The van der Waals surface area contributed by atoms with Gasteiger partial charge in [-0.15, -0.1) is 24.0 Å². The van der Waals surface area contributed by atoms with E-state index in [0.717, 1.165) is 24.6 Å². The van der Waals surface area contributed by atoms with E-state index >= 15 is 0 Å². The molecule has 2 rings (SSSR count). The lowest BCUT2D eigenvalue weighted by molar-refractivity contribution is 0.604. The van der Waals surface area contributed by atoms with E-state index in [2.05, 4.69) is 17.2 Å². The highest BCUT2D eigenvalue weighted by molar-refractivity contribution is 14.0. The molecule has 0 spiro atoms. The summed E-state index contributed by atoms with van der Waals surface area (Å²) in [6, 6.07) is 3.36. The van der Waals surface area contributed by atoms with Gasteiger partial charge in [0.25, 0.3) is 0 Å². The first-order valence-electron chi connectivity index (χ1n) is 5.11. The van der Waals surface area contributed by atoms with Gasteiger partial charge in [-0.05, 0) is 24.5 Å². The Hall–Kier alpha value is -0.920. The molecule has 2 atom stereocenters. The maximum atomic E-state index is 13.2. The zero-order valence-electron chi connectivity index (χ0n) is 9.28. The van der Waals surface area contributed by atoms with Gasteiger partial charge < -0.3 is 11.1 Å². The predicted octanol–water partition coefficient (Wildman–Crippen LogP) is 2.72. The predicted molar refractivity (Wildman–Crippen MR) is 74.6 cm³/mol. The average molecular weight is 353 g/mol. The lowest BCUT2D eigenvalue weighted by atomic mass is 10.3. The normalized spacial score (nSPS) is 22.9. The number of nitrogens with one attached hydrogen (secondary N) is 1. The van der Waals surface area contributed by atoms with Crippen LogP contribution in [0.1, 0.15) is 13.3 Å². The summed E-state index contributed by atoms with van der Waals surface area (Å²) < 4.78 is 26.1. The number of aliphatic imine (C=N–C) groups is 1. The topological polar surface area (TPSA) is 50.4 Å². The van der Waals surface area contributed by atoms with Crippen molar-refractivity contribution in [1.82, 2.24) is 0 Å². The Morgan fingerprint density at radius 2 is 2.12 bits per heavy atom. The standard InChI is InChI=1S/C11H13F2N3.HI/c1-6-4-9(6)15-11(14)16-10-5-7(12)2-3-8(10)13;/h2-3,5-6,9H,4H2,1H3,(H3,14,15,16);1H. The molecule has 94 valence electrons. The molecule has 6 heteroatoms. The van der Waals surface area contributed by atoms with Gasteiger partial charge in [-0.3, -0.25) is 0 Å². The number of hydrogen-bond donors (Lipinski definition) is 2. The summed E-state index contributed by atoms with van der Waals surface area (Å²) in [5, 5.41) is 2.56. The summed E-state index contributed by atoms with van der Waals surface area (Å²) in [4.78, 5) is 4.13. The first-order chi connectivity index (χ1) is 7.56. The first kappa shape index (κ1) is 14.1. The van der Waals surface area contributed by atoms with E-state index < -0.39 is 11.6 Å². The lowest BCUT2D eigenvalue weighted by Crippen LogP contribution is -2.23. The van der Waals surface area contributed by atoms with Crippen LogP contribution in [0, 0.1) is 17.6 Å². The SMILES string of the molecule is CC1CC1N=C(N)Nc1cc(F)ccc1F.I. The van der Waals surface area contributed by atoms with Crippen molar-refractivity contribution in [3.8, 4) is 0 Å². The molecule has 0 amide bonds. The van der Waals surface area contributed by atoms with Crippen molar-refractivity contribution < 1.29 is 8.78 Å². The molecular formula is C11H14F2IN3. The molecule has 1 aliphatic rings. The summed E-state index contributed by atoms with van der Waals surface area (Å²) >= 11 is 0. The third-order valence-corrected chi connectivity index (χ3v) is 2.56. The second-order valence-corrected chi connectivity index (χ2v) is 4.04. The Balaban J connectivity index is 0.00000144. The highest BCUT2D eigenvalue weighted by Crippen LogP contribution is 2.32. The van der Waals surface area contributed by atoms with E-state index in [1.165, 1.54) is 0 Å². The van der Waals surface area contributed by atoms with E-state index in [1.54, 1.807) is 0 Å². The number of rotatable bonds is 2. The van der Waals surface area contributed by atoms with Crippen LogP contribution in [-0.2, 0) is 0 Å². The minimum Gasteiger partial charge on any atom is -0.370 e. The molecule has 0 aliphatic heterocycles. The fraction of sp³-hybridized carbons (Fsp3) is 0.364. The van der Waals surface area contributed by atoms with Gasteiger partial charge in [0, 0.05) is 6.07 Å². The van der Waals surface area contributed by atoms with Gasteiger partial charge in [0.1, 0.15) is 11.6 Å². The average Bonchev–Trinajstić information content (AvgIpc) is 2.88. The van der Waals surface area contributed by atoms with Gasteiger partial charge in [0.2, 0.25) is 0 Å². The number of nitrogens with zero attached hydrogens (tertiary/aromatic N) is 1. The third-order valence-electron chi connectivity index (χ3n) is 2.56. The smallest absolute Gasteiger partial charge is 0.193 e. The summed E-state index contributed by atoms with van der Waals surface area (Å²) in [6.45, 7) is 2.06. The molecule has 1 saturated carbocycles. The largest absolute Gasteiger partial charge is 0.370 e. The number of benzene rings is 1. The Bertz CT molecular complexity index is 437. The highest BCUT2D eigenvalue weighted by Gasteiger charge is 2.32. The van der Waals surface area contributed by atoms with Crippen LogP contribution in [0.4, 0.5) is 14.5 Å². The monoisotopic (exact) mass is 353 g/mol. The second-order valence-electron chi connectivity index (χ2n) is 4.04. The van der Waals surface area contributed by atoms with E-state index in [9.17, 15) is 8.78 Å². The minimum absolute atomic E-state index is 0. The molecule has 0 radical (unpaired) electrons. The highest BCUT2D eigenvalue weighted by atomic mass is 127. The molecule has 17 heavy (non-hydrogen) atoms. The number of halogens is 3. The van der Waals surface area contributed by atoms with Crippen molar-refractivity contribution in [2.24, 2.45) is 16.6 Å². The van der Waals surface area contributed by atoms with Crippen molar-refractivity contribution in [3.05, 3.63) is 29.8 Å². The zero-order valence-corrected chi connectivity index (χ0v) is 11.6. The van der Waals surface area contributed by atoms with E-state index in [4.69, 9.17) is 5.73 Å². The Labute approximate surface area is 116 Å². The fourth-order valence-electron chi connectivity index (χ4n) is 1.42. The van der Waals surface area contributed by atoms with Crippen LogP contribution in [0.2, 0.25) is 0 Å². The van der Waals surface area contributed by atoms with Crippen molar-refractivity contribution in [2.45, 2.75) is 19.4 Å². The molecule has 2 unspecified atom stereocenters. The van der Waals surface area contributed by atoms with Crippen LogP contribution in [0.25, 0.3) is 0 Å². The van der Waals surface area contributed by atoms with Crippen LogP contribution in [0.15, 0.2) is 23.2 Å². The molecule has 0 saturated heterocycles. The summed E-state index contributed by atoms with van der Waals surface area (Å²) in [6.07, 6.45) is 0.994. The van der Waals surface area contributed by atoms with Crippen LogP contribution < -0.4 is 11.1 Å². The van der Waals surface area contributed by atoms with Crippen molar-refractivity contribution >= 4 is 35.6 Å². The molecule has 3 nitrogen and oxygen atoms in total. The van der Waals surface area contributed by atoms with Crippen LogP contribution in [0.5, 0.6) is 0 Å². The molecule has 1 aromatic rings. The van der Waals surface area contributed by atoms with Crippen molar-refractivity contribution in [1.29, 1.82) is 0 Å². The molecule has 1 aliphatic carbocycles. The van der Waals surface area contributed by atoms with Crippen LogP contribution in [-0.4, -0.2) is 12.0 Å². The maximum Gasteiger partial charge on any atom is 0.193 e. The zero-order chi connectivity index (χ0) is 11.7. The quantitative estimate of drug-likeness (QED) is 0.488. The Kier molecular flexibility index (Phi) is 4.67. The molecule has 0 bridgehead atoms. The van der Waals surface area contributed by atoms with E-state index in [-0.39, 0.29) is 41.7 Å². The van der Waals surface area contributed by atoms with Gasteiger partial charge in [0.15, 0.2) is 5.96 Å². The number of hydrogen-bond acceptors (Lipinski definition) is 1. The van der Waals surface area contributed by atoms with Gasteiger partial charge >= 0.3 is 0 Å². The summed E-state index contributed by atoms with van der Waals surface area (Å²) in [5.41, 5.74) is 5.59. The maximum absolute atomic E-state index is 13.2. The van der Waals surface area contributed by atoms with Gasteiger partial charge in [-0.1, -0.05) is 6.92 Å². The van der Waals surface area contributed by atoms with Gasteiger partial charge in [-0.25, -0.2) is 13.8 Å². The lowest BCUT2D eigenvalue weighted by Gasteiger charge is -2.06. The summed E-state index contributed by atoms with van der Waals surface area (Å²) in [5.74, 6) is -0.420. The first-order valence-corrected chi connectivity index (χ1v) is 5.11. The minimum atomic E-state index is -0.552. The van der Waals surface area contributed by atoms with E-state index in [0.29, 0.717) is 5.92 Å². The van der Waals surface area contributed by atoms with Crippen LogP contribution >= 0.6 is 24.0 Å². The third kappa shape index (κ3) is 3.79. The molecular weight excluding hydrogens is 339 g/mol. The molecule has 3 N–H and O–H groups in total. The second kappa shape index (κ2) is 5.61. The van der Waals surface area contributed by atoms with Crippen LogP contribution in [0.3, 0.4) is 0 Å². The molecule has 1 aromatic carbocycles. The van der Waals surface area contributed by atoms with Gasteiger partial charge in [-0.2, -0.15) is 0 Å². The molecule has 1 fully saturated rings. The van der Waals surface area contributed by atoms with Gasteiger partial charge in [0.05, 0.1) is 11.7 Å². The van der Waals surface area contributed by atoms with Crippen molar-refractivity contribution in [3.63, 3.8) is 0 Å². The number of anilines is 1. The molecule has 0 aromatic heterocycles. The Morgan fingerprint density at radius 3 is 2.71 bits per heavy atom. The number of guanidine groups is 1. The Morgan fingerprint density at radius 1 is 1.47 bits per heavy atom. The summed E-state index contributed by atoms with van der Waals surface area (Å²) in [7, 11) is 0. The van der Waals surface area contributed by atoms with Crippen molar-refractivity contribution in [2.75, 3.05) is 5.32 Å². The van der Waals surface area contributed by atoms with E-state index in [1.807, 2.05) is 0 Å².